The molecule has 0 bridgehead atoms. The van der Waals surface area contributed by atoms with Gasteiger partial charge in [-0.3, -0.25) is 4.79 Å². The molecule has 0 saturated carbocycles. The number of nitrogens with zero attached hydrogens (tertiary/aromatic N) is 2. The predicted molar refractivity (Wildman–Crippen MR) is 77.8 cm³/mol. The largest absolute Gasteiger partial charge is 0.338 e. The number of rotatable bonds is 3. The molecule has 2 heterocycles. The molecule has 0 atom stereocenters. The normalized spacial score (nSPS) is 17.8. The molecule has 2 rings (SSSR count). The highest BCUT2D eigenvalue weighted by Crippen LogP contribution is 2.37. The third-order valence-electron chi connectivity index (χ3n) is 4.27. The first-order chi connectivity index (χ1) is 9.01. The first kappa shape index (κ1) is 14.6. The summed E-state index contributed by atoms with van der Waals surface area (Å²) in [6, 6.07) is 1.59. The number of hydrogen-bond donors (Lipinski definition) is 0. The minimum Gasteiger partial charge on any atom is -0.338 e. The number of carbonyl (C=O) groups excluding carboxylic acids is 1. The first-order valence-corrected chi connectivity index (χ1v) is 7.37. The summed E-state index contributed by atoms with van der Waals surface area (Å²) in [6.07, 6.45) is 4.77. The Morgan fingerprint density at radius 3 is 2.63 bits per heavy atom. The summed E-state index contributed by atoms with van der Waals surface area (Å²) < 4.78 is 0. The minimum absolute atomic E-state index is 0.00478. The van der Waals surface area contributed by atoms with Crippen molar-refractivity contribution in [1.29, 1.82) is 0 Å². The summed E-state index contributed by atoms with van der Waals surface area (Å²) in [5.41, 5.74) is 0.789. The average molecular weight is 301 g/mol. The van der Waals surface area contributed by atoms with Crippen LogP contribution in [-0.2, 0) is 0 Å². The van der Waals surface area contributed by atoms with Crippen LogP contribution in [0.25, 0.3) is 0 Å². The third-order valence-corrected chi connectivity index (χ3v) is 4.95. The molecule has 3 nitrogen and oxygen atoms in total. The lowest BCUT2D eigenvalue weighted by Gasteiger charge is -2.26. The summed E-state index contributed by atoms with van der Waals surface area (Å²) in [7, 11) is 0. The van der Waals surface area contributed by atoms with E-state index in [-0.39, 0.29) is 16.5 Å². The van der Waals surface area contributed by atoms with Crippen molar-refractivity contribution >= 4 is 29.1 Å². The summed E-state index contributed by atoms with van der Waals surface area (Å²) in [6.45, 7) is 6.01. The van der Waals surface area contributed by atoms with Crippen molar-refractivity contribution in [2.24, 2.45) is 5.41 Å². The fourth-order valence-electron chi connectivity index (χ4n) is 2.66. The van der Waals surface area contributed by atoms with Crippen LogP contribution in [0, 0.1) is 5.41 Å². The van der Waals surface area contributed by atoms with Gasteiger partial charge in [0.05, 0.1) is 10.6 Å². The Kier molecular flexibility index (Phi) is 4.36. The van der Waals surface area contributed by atoms with Crippen LogP contribution in [0.3, 0.4) is 0 Å². The van der Waals surface area contributed by atoms with Crippen LogP contribution in [0.4, 0.5) is 0 Å². The van der Waals surface area contributed by atoms with Gasteiger partial charge in [-0.1, -0.05) is 37.0 Å². The molecule has 5 heteroatoms. The number of aromatic nitrogens is 1. The van der Waals surface area contributed by atoms with Crippen LogP contribution in [0.1, 0.15) is 43.5 Å². The van der Waals surface area contributed by atoms with E-state index >= 15 is 0 Å². The third kappa shape index (κ3) is 2.87. The number of amides is 1. The molecule has 1 saturated heterocycles. The average Bonchev–Trinajstić information content (AvgIpc) is 2.86. The lowest BCUT2D eigenvalue weighted by atomic mass is 9.82. The van der Waals surface area contributed by atoms with E-state index in [9.17, 15) is 4.79 Å². The van der Waals surface area contributed by atoms with Crippen LogP contribution < -0.4 is 0 Å². The molecule has 0 aliphatic carbocycles. The van der Waals surface area contributed by atoms with E-state index in [0.29, 0.717) is 10.6 Å². The summed E-state index contributed by atoms with van der Waals surface area (Å²) in [4.78, 5) is 18.2. The molecule has 0 aromatic carbocycles. The van der Waals surface area contributed by atoms with Crippen LogP contribution in [-0.4, -0.2) is 28.9 Å². The van der Waals surface area contributed by atoms with E-state index in [1.54, 1.807) is 6.07 Å². The molecular weight excluding hydrogens is 283 g/mol. The van der Waals surface area contributed by atoms with Crippen molar-refractivity contribution in [3.8, 4) is 0 Å². The number of hydrogen-bond acceptors (Lipinski definition) is 2. The maximum absolute atomic E-state index is 12.4. The molecule has 1 aliphatic heterocycles. The summed E-state index contributed by atoms with van der Waals surface area (Å²) >= 11 is 11.7. The molecule has 1 aliphatic rings. The van der Waals surface area contributed by atoms with Gasteiger partial charge in [0.15, 0.2) is 0 Å². The van der Waals surface area contributed by atoms with E-state index in [2.05, 4.69) is 18.8 Å². The van der Waals surface area contributed by atoms with Crippen molar-refractivity contribution in [1.82, 2.24) is 9.88 Å². The van der Waals surface area contributed by atoms with Crippen molar-refractivity contribution < 1.29 is 4.79 Å². The van der Waals surface area contributed by atoms with E-state index in [0.717, 1.165) is 32.4 Å². The first-order valence-electron chi connectivity index (χ1n) is 6.61. The zero-order valence-corrected chi connectivity index (χ0v) is 12.8. The fourth-order valence-corrected chi connectivity index (χ4v) is 2.93. The summed E-state index contributed by atoms with van der Waals surface area (Å²) in [5.74, 6) is -0.00478. The highest BCUT2D eigenvalue weighted by atomic mass is 35.5. The zero-order chi connectivity index (χ0) is 14.0. The maximum Gasteiger partial charge on any atom is 0.255 e. The molecule has 1 fully saturated rings. The monoisotopic (exact) mass is 300 g/mol. The van der Waals surface area contributed by atoms with Crippen LogP contribution in [0.15, 0.2) is 12.3 Å². The zero-order valence-electron chi connectivity index (χ0n) is 11.2. The highest BCUT2D eigenvalue weighted by Gasteiger charge is 2.37. The lowest BCUT2D eigenvalue weighted by molar-refractivity contribution is 0.0769. The predicted octanol–water partition coefficient (Wildman–Crippen LogP) is 4.04. The Bertz CT molecular complexity index is 486. The van der Waals surface area contributed by atoms with Crippen molar-refractivity contribution in [2.45, 2.75) is 33.1 Å². The van der Waals surface area contributed by atoms with Gasteiger partial charge < -0.3 is 4.90 Å². The molecule has 0 spiro atoms. The topological polar surface area (TPSA) is 33.2 Å². The smallest absolute Gasteiger partial charge is 0.255 e. The Morgan fingerprint density at radius 2 is 2.11 bits per heavy atom. The van der Waals surface area contributed by atoms with E-state index in [4.69, 9.17) is 23.2 Å². The highest BCUT2D eigenvalue weighted by molar-refractivity contribution is 6.41. The Balaban J connectivity index is 2.15. The fraction of sp³-hybridized carbons (Fsp3) is 0.571. The van der Waals surface area contributed by atoms with Gasteiger partial charge in [0, 0.05) is 19.3 Å². The molecular formula is C14H18Cl2N2O. The Morgan fingerprint density at radius 1 is 1.42 bits per heavy atom. The van der Waals surface area contributed by atoms with Crippen LogP contribution in [0.2, 0.25) is 10.2 Å². The quantitative estimate of drug-likeness (QED) is 0.789. The molecule has 0 N–H and O–H groups in total. The van der Waals surface area contributed by atoms with Crippen molar-refractivity contribution in [3.05, 3.63) is 28.0 Å². The van der Waals surface area contributed by atoms with Gasteiger partial charge >= 0.3 is 0 Å². The van der Waals surface area contributed by atoms with Crippen LogP contribution >= 0.6 is 23.2 Å². The van der Waals surface area contributed by atoms with Gasteiger partial charge in [-0.15, -0.1) is 0 Å². The SMILES string of the molecule is CCC1(CC)CCN(C(=O)c2cnc(Cl)c(Cl)c2)C1. The second-order valence-corrected chi connectivity index (χ2v) is 5.95. The Hall–Kier alpha value is -0.800. The molecule has 1 aromatic heterocycles. The van der Waals surface area contributed by atoms with Gasteiger partial charge in [-0.05, 0) is 30.7 Å². The standard InChI is InChI=1S/C14H18Cl2N2O/c1-3-14(4-2)5-6-18(9-14)13(19)10-7-11(15)12(16)17-8-10/h7-8H,3-6,9H2,1-2H3. The van der Waals surface area contributed by atoms with E-state index < -0.39 is 0 Å². The number of carbonyl (C=O) groups is 1. The van der Waals surface area contributed by atoms with Gasteiger partial charge in [-0.2, -0.15) is 0 Å². The van der Waals surface area contributed by atoms with Gasteiger partial charge in [0.25, 0.3) is 5.91 Å². The van der Waals surface area contributed by atoms with E-state index in [1.165, 1.54) is 6.20 Å². The van der Waals surface area contributed by atoms with Gasteiger partial charge in [0.2, 0.25) is 0 Å². The van der Waals surface area contributed by atoms with Crippen LogP contribution in [0.5, 0.6) is 0 Å². The van der Waals surface area contributed by atoms with E-state index in [1.807, 2.05) is 4.90 Å². The van der Waals surface area contributed by atoms with Crippen molar-refractivity contribution in [2.75, 3.05) is 13.1 Å². The van der Waals surface area contributed by atoms with Gasteiger partial charge in [0.1, 0.15) is 5.15 Å². The second kappa shape index (κ2) is 5.68. The molecule has 1 amide bonds. The number of halogens is 2. The minimum atomic E-state index is -0.00478. The van der Waals surface area contributed by atoms with Crippen molar-refractivity contribution in [3.63, 3.8) is 0 Å². The number of pyridine rings is 1. The maximum atomic E-state index is 12.4. The van der Waals surface area contributed by atoms with Gasteiger partial charge in [-0.25, -0.2) is 4.98 Å². The molecule has 0 unspecified atom stereocenters. The molecule has 0 radical (unpaired) electrons. The number of likely N-dealkylation sites (tertiary alicyclic amines) is 1. The molecule has 104 valence electrons. The summed E-state index contributed by atoms with van der Waals surface area (Å²) in [5, 5.41) is 0.556. The second-order valence-electron chi connectivity index (χ2n) is 5.18. The lowest BCUT2D eigenvalue weighted by Crippen LogP contribution is -2.31. The molecule has 1 aromatic rings. The molecule has 19 heavy (non-hydrogen) atoms. The Labute approximate surface area is 123 Å².